The summed E-state index contributed by atoms with van der Waals surface area (Å²) in [5, 5.41) is 0. The molecule has 0 aliphatic heterocycles. The first kappa shape index (κ1) is 12.2. The van der Waals surface area contributed by atoms with E-state index in [1.807, 2.05) is 49.4 Å². The van der Waals surface area contributed by atoms with E-state index in [1.165, 1.54) is 0 Å². The van der Waals surface area contributed by atoms with Gasteiger partial charge in [0.15, 0.2) is 11.6 Å². The topological polar surface area (TPSA) is 77.6 Å². The number of nitrogens with zero attached hydrogens (tertiary/aromatic N) is 4. The minimum Gasteiger partial charge on any atom is -0.368 e. The molecular weight excluding hydrogens is 250 g/mol. The van der Waals surface area contributed by atoms with Crippen LogP contribution in [0.25, 0.3) is 22.9 Å². The van der Waals surface area contributed by atoms with Crippen LogP contribution in [-0.2, 0) is 0 Å². The lowest BCUT2D eigenvalue weighted by Gasteiger charge is -2.05. The van der Waals surface area contributed by atoms with Gasteiger partial charge in [-0.1, -0.05) is 30.3 Å². The Hall–Kier alpha value is -2.82. The van der Waals surface area contributed by atoms with E-state index >= 15 is 0 Å². The molecule has 98 valence electrons. The largest absolute Gasteiger partial charge is 0.368 e. The molecule has 0 radical (unpaired) electrons. The Bertz CT molecular complexity index is 740. The van der Waals surface area contributed by atoms with Crippen molar-refractivity contribution in [3.8, 4) is 22.9 Å². The van der Waals surface area contributed by atoms with Gasteiger partial charge < -0.3 is 5.73 Å². The minimum atomic E-state index is 0.192. The number of pyridine rings is 1. The summed E-state index contributed by atoms with van der Waals surface area (Å²) in [6.07, 6.45) is 1.73. The van der Waals surface area contributed by atoms with E-state index in [-0.39, 0.29) is 5.95 Å². The highest BCUT2D eigenvalue weighted by atomic mass is 15.1. The van der Waals surface area contributed by atoms with Crippen molar-refractivity contribution in [1.82, 2.24) is 19.9 Å². The molecule has 3 rings (SSSR count). The number of benzene rings is 1. The number of hydrogen-bond acceptors (Lipinski definition) is 5. The minimum absolute atomic E-state index is 0.192. The summed E-state index contributed by atoms with van der Waals surface area (Å²) in [4.78, 5) is 17.1. The number of aryl methyl sites for hydroxylation is 1. The van der Waals surface area contributed by atoms with Crippen LogP contribution in [0.15, 0.2) is 48.7 Å². The third-order valence-corrected chi connectivity index (χ3v) is 2.83. The zero-order valence-corrected chi connectivity index (χ0v) is 11.0. The second-order valence-corrected chi connectivity index (χ2v) is 4.43. The maximum Gasteiger partial charge on any atom is 0.224 e. The van der Waals surface area contributed by atoms with E-state index in [2.05, 4.69) is 19.9 Å². The average molecular weight is 263 g/mol. The quantitative estimate of drug-likeness (QED) is 0.768. The second-order valence-electron chi connectivity index (χ2n) is 4.43. The maximum absolute atomic E-state index is 5.78. The monoisotopic (exact) mass is 263 g/mol. The molecule has 2 heterocycles. The van der Waals surface area contributed by atoms with Gasteiger partial charge in [-0.2, -0.15) is 9.97 Å². The zero-order valence-electron chi connectivity index (χ0n) is 11.0. The fraction of sp³-hybridized carbons (Fsp3) is 0.0667. The van der Waals surface area contributed by atoms with Crippen molar-refractivity contribution in [2.24, 2.45) is 0 Å². The van der Waals surface area contributed by atoms with Crippen molar-refractivity contribution in [3.05, 3.63) is 54.2 Å². The van der Waals surface area contributed by atoms with Crippen LogP contribution < -0.4 is 5.73 Å². The zero-order chi connectivity index (χ0) is 13.9. The molecule has 5 nitrogen and oxygen atoms in total. The lowest BCUT2D eigenvalue weighted by Crippen LogP contribution is -2.03. The summed E-state index contributed by atoms with van der Waals surface area (Å²) in [5.41, 5.74) is 8.46. The van der Waals surface area contributed by atoms with Gasteiger partial charge in [0.1, 0.15) is 5.69 Å². The normalized spacial score (nSPS) is 10.4. The Morgan fingerprint density at radius 2 is 1.65 bits per heavy atom. The summed E-state index contributed by atoms with van der Waals surface area (Å²) in [6, 6.07) is 13.5. The van der Waals surface area contributed by atoms with Crippen LogP contribution in [0.2, 0.25) is 0 Å². The molecule has 3 aromatic rings. The maximum atomic E-state index is 5.78. The molecule has 0 saturated heterocycles. The number of hydrogen-bond donors (Lipinski definition) is 1. The molecule has 0 spiro atoms. The number of rotatable bonds is 2. The fourth-order valence-electron chi connectivity index (χ4n) is 1.88. The molecule has 0 unspecified atom stereocenters. The molecule has 0 aliphatic rings. The summed E-state index contributed by atoms with van der Waals surface area (Å²) in [6.45, 7) is 1.99. The predicted octanol–water partition coefficient (Wildman–Crippen LogP) is 2.49. The van der Waals surface area contributed by atoms with Crippen molar-refractivity contribution in [3.63, 3.8) is 0 Å². The van der Waals surface area contributed by atoms with Crippen molar-refractivity contribution in [2.75, 3.05) is 5.73 Å². The Labute approximate surface area is 116 Å². The molecule has 0 aliphatic carbocycles. The summed E-state index contributed by atoms with van der Waals surface area (Å²) >= 11 is 0. The molecule has 5 heteroatoms. The average Bonchev–Trinajstić information content (AvgIpc) is 2.47. The van der Waals surface area contributed by atoms with Crippen molar-refractivity contribution in [2.45, 2.75) is 6.92 Å². The van der Waals surface area contributed by atoms with Gasteiger partial charge in [-0.25, -0.2) is 4.98 Å². The van der Waals surface area contributed by atoms with Crippen LogP contribution in [0.4, 0.5) is 5.95 Å². The van der Waals surface area contributed by atoms with Crippen molar-refractivity contribution >= 4 is 5.95 Å². The first-order valence-corrected chi connectivity index (χ1v) is 6.22. The number of nitrogens with two attached hydrogens (primary N) is 1. The lowest BCUT2D eigenvalue weighted by molar-refractivity contribution is 1.06. The van der Waals surface area contributed by atoms with Crippen LogP contribution in [0.5, 0.6) is 0 Å². The van der Waals surface area contributed by atoms with E-state index < -0.39 is 0 Å². The molecule has 2 aromatic heterocycles. The lowest BCUT2D eigenvalue weighted by atomic mass is 10.2. The van der Waals surface area contributed by atoms with Crippen LogP contribution in [0.1, 0.15) is 5.56 Å². The van der Waals surface area contributed by atoms with E-state index in [1.54, 1.807) is 6.20 Å². The highest BCUT2D eigenvalue weighted by Gasteiger charge is 2.09. The van der Waals surface area contributed by atoms with Gasteiger partial charge in [0.05, 0.1) is 0 Å². The Kier molecular flexibility index (Phi) is 3.09. The molecule has 0 atom stereocenters. The van der Waals surface area contributed by atoms with E-state index in [9.17, 15) is 0 Å². The summed E-state index contributed by atoms with van der Waals surface area (Å²) in [5.74, 6) is 1.23. The van der Waals surface area contributed by atoms with Crippen molar-refractivity contribution in [1.29, 1.82) is 0 Å². The van der Waals surface area contributed by atoms with Gasteiger partial charge in [0.25, 0.3) is 0 Å². The van der Waals surface area contributed by atoms with Gasteiger partial charge in [0.2, 0.25) is 5.95 Å². The van der Waals surface area contributed by atoms with Crippen LogP contribution in [0.3, 0.4) is 0 Å². The molecule has 1 aromatic carbocycles. The predicted molar refractivity (Wildman–Crippen MR) is 77.6 cm³/mol. The highest BCUT2D eigenvalue weighted by molar-refractivity contribution is 5.60. The van der Waals surface area contributed by atoms with E-state index in [4.69, 9.17) is 5.73 Å². The molecule has 0 bridgehead atoms. The van der Waals surface area contributed by atoms with Gasteiger partial charge in [-0.05, 0) is 24.6 Å². The van der Waals surface area contributed by atoms with Crippen LogP contribution >= 0.6 is 0 Å². The number of aromatic nitrogens is 4. The van der Waals surface area contributed by atoms with Gasteiger partial charge in [-0.3, -0.25) is 4.98 Å². The summed E-state index contributed by atoms with van der Waals surface area (Å²) < 4.78 is 0. The van der Waals surface area contributed by atoms with E-state index in [0.29, 0.717) is 17.3 Å². The second kappa shape index (κ2) is 5.05. The van der Waals surface area contributed by atoms with Crippen LogP contribution in [-0.4, -0.2) is 19.9 Å². The fourth-order valence-corrected chi connectivity index (χ4v) is 1.88. The standard InChI is InChI=1S/C15H13N5/c1-10-7-8-17-12(9-10)14-18-13(19-15(16)20-14)11-5-3-2-4-6-11/h2-9H,1H3,(H2,16,18,19,20). The first-order valence-electron chi connectivity index (χ1n) is 6.22. The molecule has 2 N–H and O–H groups in total. The third-order valence-electron chi connectivity index (χ3n) is 2.83. The number of anilines is 1. The Balaban J connectivity index is 2.12. The van der Waals surface area contributed by atoms with Crippen LogP contribution in [0, 0.1) is 6.92 Å². The van der Waals surface area contributed by atoms with Gasteiger partial charge >= 0.3 is 0 Å². The third kappa shape index (κ3) is 2.47. The molecular formula is C15H13N5. The Morgan fingerprint density at radius 1 is 0.900 bits per heavy atom. The molecule has 0 saturated carbocycles. The smallest absolute Gasteiger partial charge is 0.224 e. The molecule has 20 heavy (non-hydrogen) atoms. The first-order chi connectivity index (χ1) is 9.72. The van der Waals surface area contributed by atoms with Gasteiger partial charge in [-0.15, -0.1) is 0 Å². The highest BCUT2D eigenvalue weighted by Crippen LogP contribution is 2.19. The molecule has 0 amide bonds. The van der Waals surface area contributed by atoms with Gasteiger partial charge in [0, 0.05) is 11.8 Å². The SMILES string of the molecule is Cc1ccnc(-c2nc(N)nc(-c3ccccc3)n2)c1. The number of nitrogen functional groups attached to an aromatic ring is 1. The van der Waals surface area contributed by atoms with E-state index in [0.717, 1.165) is 11.1 Å². The molecule has 0 fully saturated rings. The van der Waals surface area contributed by atoms with Crippen molar-refractivity contribution < 1.29 is 0 Å². The Morgan fingerprint density at radius 3 is 2.40 bits per heavy atom. The summed E-state index contributed by atoms with van der Waals surface area (Å²) in [7, 11) is 0.